The predicted molar refractivity (Wildman–Crippen MR) is 53.4 cm³/mol. The fourth-order valence-corrected chi connectivity index (χ4v) is 1.77. The van der Waals surface area contributed by atoms with E-state index in [1.165, 1.54) is 12.8 Å². The second-order valence-electron chi connectivity index (χ2n) is 3.44. The summed E-state index contributed by atoms with van der Waals surface area (Å²) in [4.78, 5) is 6.48. The molecule has 1 fully saturated rings. The lowest BCUT2D eigenvalue weighted by Gasteiger charge is -2.33. The molecule has 70 valence electrons. The van der Waals surface area contributed by atoms with Gasteiger partial charge in [-0.25, -0.2) is 4.98 Å². The maximum absolute atomic E-state index is 6.00. The highest BCUT2D eigenvalue weighted by atomic mass is 15.3. The van der Waals surface area contributed by atoms with Crippen LogP contribution < -0.4 is 10.6 Å². The number of nitrogens with two attached hydrogens (primary N) is 1. The summed E-state index contributed by atoms with van der Waals surface area (Å²) in [6.07, 6.45) is 5.52. The normalized spacial score (nSPS) is 23.2. The molecule has 0 bridgehead atoms. The summed E-state index contributed by atoms with van der Waals surface area (Å²) in [6.45, 7) is 1.04. The van der Waals surface area contributed by atoms with E-state index in [9.17, 15) is 0 Å². The maximum atomic E-state index is 6.00. The van der Waals surface area contributed by atoms with Gasteiger partial charge in [0, 0.05) is 12.7 Å². The second kappa shape index (κ2) is 3.75. The van der Waals surface area contributed by atoms with Crippen LogP contribution in [-0.2, 0) is 0 Å². The minimum Gasteiger partial charge on any atom is -0.341 e. The Bertz CT molecular complexity index is 260. The van der Waals surface area contributed by atoms with Gasteiger partial charge in [-0.2, -0.15) is 0 Å². The molecule has 1 saturated heterocycles. The third-order valence-electron chi connectivity index (χ3n) is 2.49. The van der Waals surface area contributed by atoms with Gasteiger partial charge in [0.05, 0.1) is 6.17 Å². The van der Waals surface area contributed by atoms with Crippen LogP contribution in [0, 0.1) is 0 Å². The smallest absolute Gasteiger partial charge is 0.129 e. The molecule has 0 saturated carbocycles. The number of nitrogens with zero attached hydrogens (tertiary/aromatic N) is 2. The van der Waals surface area contributed by atoms with Crippen LogP contribution in [0.2, 0.25) is 0 Å². The van der Waals surface area contributed by atoms with Crippen molar-refractivity contribution in [2.24, 2.45) is 5.73 Å². The first-order valence-electron chi connectivity index (χ1n) is 4.81. The number of hydrogen-bond acceptors (Lipinski definition) is 3. The minimum atomic E-state index is 0.156. The molecule has 0 aliphatic carbocycles. The Kier molecular flexibility index (Phi) is 2.45. The molecule has 0 amide bonds. The molecule has 1 aliphatic rings. The van der Waals surface area contributed by atoms with Crippen LogP contribution in [-0.4, -0.2) is 17.7 Å². The van der Waals surface area contributed by atoms with Crippen molar-refractivity contribution in [1.82, 2.24) is 4.98 Å². The topological polar surface area (TPSA) is 42.1 Å². The molecule has 2 N–H and O–H groups in total. The molecule has 1 atom stereocenters. The molecule has 3 nitrogen and oxygen atoms in total. The van der Waals surface area contributed by atoms with Gasteiger partial charge < -0.3 is 10.6 Å². The fraction of sp³-hybridized carbons (Fsp3) is 0.500. The Hall–Kier alpha value is -1.09. The Morgan fingerprint density at radius 3 is 3.00 bits per heavy atom. The predicted octanol–water partition coefficient (Wildman–Crippen LogP) is 1.36. The molecule has 1 aromatic heterocycles. The third-order valence-corrected chi connectivity index (χ3v) is 2.49. The first-order chi connectivity index (χ1) is 6.38. The summed E-state index contributed by atoms with van der Waals surface area (Å²) in [6, 6.07) is 5.95. The molecule has 2 heterocycles. The zero-order valence-corrected chi connectivity index (χ0v) is 7.69. The lowest BCUT2D eigenvalue weighted by molar-refractivity contribution is 0.467. The lowest BCUT2D eigenvalue weighted by atomic mass is 10.1. The molecular formula is C10H15N3. The standard InChI is InChI=1S/C10H15N3/c11-9-5-2-4-8-13(9)10-6-1-3-7-12-10/h1,3,6-7,9H,2,4-5,8,11H2. The quantitative estimate of drug-likeness (QED) is 0.704. The summed E-state index contributed by atoms with van der Waals surface area (Å²) in [5.41, 5.74) is 6.00. The molecule has 13 heavy (non-hydrogen) atoms. The van der Waals surface area contributed by atoms with Crippen LogP contribution in [0.25, 0.3) is 0 Å². The van der Waals surface area contributed by atoms with Gasteiger partial charge in [-0.3, -0.25) is 0 Å². The van der Waals surface area contributed by atoms with E-state index < -0.39 is 0 Å². The highest BCUT2D eigenvalue weighted by Crippen LogP contribution is 2.19. The van der Waals surface area contributed by atoms with Gasteiger partial charge in [0.15, 0.2) is 0 Å². The number of pyridine rings is 1. The molecule has 0 spiro atoms. The van der Waals surface area contributed by atoms with Crippen LogP contribution in [0.4, 0.5) is 5.82 Å². The molecule has 1 aromatic rings. The molecule has 2 rings (SSSR count). The van der Waals surface area contributed by atoms with Gasteiger partial charge >= 0.3 is 0 Å². The van der Waals surface area contributed by atoms with E-state index in [-0.39, 0.29) is 6.17 Å². The van der Waals surface area contributed by atoms with E-state index in [1.54, 1.807) is 0 Å². The molecule has 0 aromatic carbocycles. The van der Waals surface area contributed by atoms with Crippen molar-refractivity contribution in [2.75, 3.05) is 11.4 Å². The number of aromatic nitrogens is 1. The van der Waals surface area contributed by atoms with Crippen LogP contribution >= 0.6 is 0 Å². The zero-order chi connectivity index (χ0) is 9.10. The van der Waals surface area contributed by atoms with E-state index in [4.69, 9.17) is 5.73 Å². The average Bonchev–Trinajstić information content (AvgIpc) is 2.20. The van der Waals surface area contributed by atoms with E-state index in [0.717, 1.165) is 18.8 Å². The third kappa shape index (κ3) is 1.80. The van der Waals surface area contributed by atoms with Crippen LogP contribution in [0.15, 0.2) is 24.4 Å². The van der Waals surface area contributed by atoms with Crippen molar-refractivity contribution >= 4 is 5.82 Å². The van der Waals surface area contributed by atoms with Crippen molar-refractivity contribution in [3.05, 3.63) is 24.4 Å². The first kappa shape index (κ1) is 8.51. The van der Waals surface area contributed by atoms with Gasteiger partial charge in [-0.15, -0.1) is 0 Å². The fourth-order valence-electron chi connectivity index (χ4n) is 1.77. The van der Waals surface area contributed by atoms with Crippen LogP contribution in [0.3, 0.4) is 0 Å². The summed E-state index contributed by atoms with van der Waals surface area (Å²) in [5, 5.41) is 0. The Labute approximate surface area is 78.6 Å². The van der Waals surface area contributed by atoms with E-state index in [2.05, 4.69) is 9.88 Å². The van der Waals surface area contributed by atoms with Crippen molar-refractivity contribution in [1.29, 1.82) is 0 Å². The number of anilines is 1. The van der Waals surface area contributed by atoms with Crippen LogP contribution in [0.1, 0.15) is 19.3 Å². The minimum absolute atomic E-state index is 0.156. The SMILES string of the molecule is NC1CCCCN1c1ccccn1. The molecule has 3 heteroatoms. The van der Waals surface area contributed by atoms with E-state index >= 15 is 0 Å². The average molecular weight is 177 g/mol. The molecule has 1 aliphatic heterocycles. The van der Waals surface area contributed by atoms with Gasteiger partial charge in [0.1, 0.15) is 5.82 Å². The summed E-state index contributed by atoms with van der Waals surface area (Å²) in [5.74, 6) is 1.01. The van der Waals surface area contributed by atoms with Crippen molar-refractivity contribution in [2.45, 2.75) is 25.4 Å². The van der Waals surface area contributed by atoms with Crippen molar-refractivity contribution in [3.63, 3.8) is 0 Å². The number of rotatable bonds is 1. The summed E-state index contributed by atoms with van der Waals surface area (Å²) < 4.78 is 0. The lowest BCUT2D eigenvalue weighted by Crippen LogP contribution is -2.45. The first-order valence-corrected chi connectivity index (χ1v) is 4.81. The molecule has 1 unspecified atom stereocenters. The number of piperidine rings is 1. The highest BCUT2D eigenvalue weighted by molar-refractivity contribution is 5.39. The maximum Gasteiger partial charge on any atom is 0.129 e. The molecular weight excluding hydrogens is 162 g/mol. The van der Waals surface area contributed by atoms with Gasteiger partial charge in [-0.05, 0) is 31.4 Å². The van der Waals surface area contributed by atoms with Crippen molar-refractivity contribution in [3.8, 4) is 0 Å². The summed E-state index contributed by atoms with van der Waals surface area (Å²) in [7, 11) is 0. The van der Waals surface area contributed by atoms with E-state index in [0.29, 0.717) is 0 Å². The zero-order valence-electron chi connectivity index (χ0n) is 7.69. The Morgan fingerprint density at radius 2 is 2.31 bits per heavy atom. The monoisotopic (exact) mass is 177 g/mol. The van der Waals surface area contributed by atoms with Crippen LogP contribution in [0.5, 0.6) is 0 Å². The Balaban J connectivity index is 2.15. The second-order valence-corrected chi connectivity index (χ2v) is 3.44. The van der Waals surface area contributed by atoms with Crippen molar-refractivity contribution < 1.29 is 0 Å². The van der Waals surface area contributed by atoms with E-state index in [1.807, 2.05) is 24.4 Å². The highest BCUT2D eigenvalue weighted by Gasteiger charge is 2.19. The molecule has 0 radical (unpaired) electrons. The van der Waals surface area contributed by atoms with Gasteiger partial charge in [0.2, 0.25) is 0 Å². The summed E-state index contributed by atoms with van der Waals surface area (Å²) >= 11 is 0. The largest absolute Gasteiger partial charge is 0.341 e. The Morgan fingerprint density at radius 1 is 1.38 bits per heavy atom. The number of hydrogen-bond donors (Lipinski definition) is 1. The van der Waals surface area contributed by atoms with Gasteiger partial charge in [0.25, 0.3) is 0 Å². The van der Waals surface area contributed by atoms with Gasteiger partial charge in [-0.1, -0.05) is 6.07 Å².